The Labute approximate surface area is 134 Å². The standard InChI is InChI=1S/C17H17ClFN3/c1-3-5-15-11(4-2)16(12(9-20)17(21)22-15)10-6-7-13(18)14(19)8-10/h6-8H,3-5H2,1-2H3,(H2,21,22). The van der Waals surface area contributed by atoms with Crippen LogP contribution in [0.4, 0.5) is 10.2 Å². The van der Waals surface area contributed by atoms with Crippen molar-refractivity contribution in [2.75, 3.05) is 5.73 Å². The Morgan fingerprint density at radius 1 is 1.36 bits per heavy atom. The van der Waals surface area contributed by atoms with E-state index in [1.54, 1.807) is 6.07 Å². The van der Waals surface area contributed by atoms with E-state index < -0.39 is 5.82 Å². The second kappa shape index (κ2) is 6.76. The highest BCUT2D eigenvalue weighted by Gasteiger charge is 2.19. The molecule has 0 aliphatic rings. The van der Waals surface area contributed by atoms with Gasteiger partial charge < -0.3 is 5.73 Å². The van der Waals surface area contributed by atoms with Gasteiger partial charge in [-0.15, -0.1) is 0 Å². The van der Waals surface area contributed by atoms with Gasteiger partial charge in [0.25, 0.3) is 0 Å². The number of nitriles is 1. The Bertz CT molecular complexity index is 751. The van der Waals surface area contributed by atoms with Crippen molar-refractivity contribution in [2.24, 2.45) is 0 Å². The van der Waals surface area contributed by atoms with Crippen molar-refractivity contribution >= 4 is 17.4 Å². The van der Waals surface area contributed by atoms with Crippen LogP contribution in [0.15, 0.2) is 18.2 Å². The number of hydrogen-bond acceptors (Lipinski definition) is 3. The summed E-state index contributed by atoms with van der Waals surface area (Å²) in [4.78, 5) is 4.37. The second-order valence-corrected chi connectivity index (χ2v) is 5.42. The molecule has 0 spiro atoms. The zero-order valence-corrected chi connectivity index (χ0v) is 13.3. The molecule has 1 aromatic carbocycles. The summed E-state index contributed by atoms with van der Waals surface area (Å²) >= 11 is 5.75. The van der Waals surface area contributed by atoms with Crippen molar-refractivity contribution in [1.82, 2.24) is 4.98 Å². The van der Waals surface area contributed by atoms with Gasteiger partial charge in [-0.2, -0.15) is 5.26 Å². The van der Waals surface area contributed by atoms with Gasteiger partial charge in [-0.25, -0.2) is 9.37 Å². The monoisotopic (exact) mass is 317 g/mol. The minimum Gasteiger partial charge on any atom is -0.383 e. The Kier molecular flexibility index (Phi) is 4.99. The summed E-state index contributed by atoms with van der Waals surface area (Å²) in [7, 11) is 0. The van der Waals surface area contributed by atoms with E-state index in [1.165, 1.54) is 12.1 Å². The maximum Gasteiger partial charge on any atom is 0.142 e. The molecule has 5 heteroatoms. The SMILES string of the molecule is CCCc1nc(N)c(C#N)c(-c2ccc(Cl)c(F)c2)c1CC. The molecule has 2 rings (SSSR count). The Morgan fingerprint density at radius 3 is 2.64 bits per heavy atom. The molecule has 0 bridgehead atoms. The van der Waals surface area contributed by atoms with Crippen molar-refractivity contribution in [1.29, 1.82) is 5.26 Å². The fourth-order valence-corrected chi connectivity index (χ4v) is 2.72. The number of nitrogens with two attached hydrogens (primary N) is 1. The molecule has 2 aromatic rings. The van der Waals surface area contributed by atoms with Crippen molar-refractivity contribution in [3.63, 3.8) is 0 Å². The van der Waals surface area contributed by atoms with Crippen LogP contribution in [-0.2, 0) is 12.8 Å². The van der Waals surface area contributed by atoms with Gasteiger partial charge in [0.15, 0.2) is 0 Å². The van der Waals surface area contributed by atoms with E-state index in [0.717, 1.165) is 24.1 Å². The molecule has 1 heterocycles. The number of halogens is 2. The summed E-state index contributed by atoms with van der Waals surface area (Å²) in [6, 6.07) is 6.63. The Hall–Kier alpha value is -2.12. The zero-order valence-electron chi connectivity index (χ0n) is 12.6. The van der Waals surface area contributed by atoms with Gasteiger partial charge in [0, 0.05) is 11.3 Å². The van der Waals surface area contributed by atoms with Gasteiger partial charge in [0.05, 0.1) is 5.02 Å². The molecule has 0 radical (unpaired) electrons. The average Bonchev–Trinajstić information content (AvgIpc) is 2.50. The van der Waals surface area contributed by atoms with Gasteiger partial charge in [-0.3, -0.25) is 0 Å². The average molecular weight is 318 g/mol. The molecule has 0 saturated heterocycles. The number of nitrogens with zero attached hydrogens (tertiary/aromatic N) is 2. The number of aryl methyl sites for hydroxylation is 1. The number of aromatic nitrogens is 1. The fourth-order valence-electron chi connectivity index (χ4n) is 2.60. The van der Waals surface area contributed by atoms with Crippen molar-refractivity contribution in [3.8, 4) is 17.2 Å². The lowest BCUT2D eigenvalue weighted by atomic mass is 9.91. The molecular formula is C17H17ClFN3. The lowest BCUT2D eigenvalue weighted by Crippen LogP contribution is -2.07. The van der Waals surface area contributed by atoms with E-state index in [9.17, 15) is 9.65 Å². The number of hydrogen-bond donors (Lipinski definition) is 1. The molecule has 0 fully saturated rings. The number of pyridine rings is 1. The number of anilines is 1. The van der Waals surface area contributed by atoms with Crippen LogP contribution in [0, 0.1) is 17.1 Å². The highest BCUT2D eigenvalue weighted by molar-refractivity contribution is 6.30. The molecule has 22 heavy (non-hydrogen) atoms. The fraction of sp³-hybridized carbons (Fsp3) is 0.294. The summed E-state index contributed by atoms with van der Waals surface area (Å²) < 4.78 is 13.8. The topological polar surface area (TPSA) is 62.7 Å². The molecule has 0 aliphatic heterocycles. The van der Waals surface area contributed by atoms with Crippen LogP contribution in [0.25, 0.3) is 11.1 Å². The highest BCUT2D eigenvalue weighted by atomic mass is 35.5. The third kappa shape index (κ3) is 2.90. The molecule has 0 atom stereocenters. The number of benzene rings is 1. The Balaban J connectivity index is 2.81. The minimum absolute atomic E-state index is 0.0520. The summed E-state index contributed by atoms with van der Waals surface area (Å²) in [5.41, 5.74) is 9.30. The van der Waals surface area contributed by atoms with Crippen LogP contribution in [0.2, 0.25) is 5.02 Å². The first-order chi connectivity index (χ1) is 10.5. The minimum atomic E-state index is -0.516. The quantitative estimate of drug-likeness (QED) is 0.902. The third-order valence-corrected chi connectivity index (χ3v) is 3.88. The zero-order chi connectivity index (χ0) is 16.3. The lowest BCUT2D eigenvalue weighted by molar-refractivity contribution is 0.629. The predicted octanol–water partition coefficient (Wildman–Crippen LogP) is 4.51. The lowest BCUT2D eigenvalue weighted by Gasteiger charge is -2.16. The van der Waals surface area contributed by atoms with Gasteiger partial charge in [-0.1, -0.05) is 37.9 Å². The van der Waals surface area contributed by atoms with Crippen LogP contribution in [0.3, 0.4) is 0 Å². The van der Waals surface area contributed by atoms with E-state index in [-0.39, 0.29) is 10.8 Å². The maximum absolute atomic E-state index is 13.8. The van der Waals surface area contributed by atoms with E-state index in [0.29, 0.717) is 23.1 Å². The highest BCUT2D eigenvalue weighted by Crippen LogP contribution is 2.34. The van der Waals surface area contributed by atoms with Crippen LogP contribution in [0.1, 0.15) is 37.1 Å². The van der Waals surface area contributed by atoms with Crippen LogP contribution in [-0.4, -0.2) is 4.98 Å². The third-order valence-electron chi connectivity index (χ3n) is 3.57. The van der Waals surface area contributed by atoms with Gasteiger partial charge >= 0.3 is 0 Å². The molecule has 1 aromatic heterocycles. The maximum atomic E-state index is 13.8. The summed E-state index contributed by atoms with van der Waals surface area (Å²) in [6.07, 6.45) is 2.37. The van der Waals surface area contributed by atoms with Crippen LogP contribution >= 0.6 is 11.6 Å². The first-order valence-corrected chi connectivity index (χ1v) is 7.57. The number of nitrogen functional groups attached to an aromatic ring is 1. The smallest absolute Gasteiger partial charge is 0.142 e. The molecular weight excluding hydrogens is 301 g/mol. The molecule has 0 saturated carbocycles. The first-order valence-electron chi connectivity index (χ1n) is 7.20. The van der Waals surface area contributed by atoms with Crippen molar-refractivity contribution in [2.45, 2.75) is 33.1 Å². The van der Waals surface area contributed by atoms with Gasteiger partial charge in [0.1, 0.15) is 23.3 Å². The molecule has 0 aliphatic carbocycles. The van der Waals surface area contributed by atoms with Gasteiger partial charge in [-0.05, 0) is 36.1 Å². The predicted molar refractivity (Wildman–Crippen MR) is 87.1 cm³/mol. The van der Waals surface area contributed by atoms with E-state index in [1.807, 2.05) is 6.92 Å². The number of rotatable bonds is 4. The largest absolute Gasteiger partial charge is 0.383 e. The first kappa shape index (κ1) is 16.3. The second-order valence-electron chi connectivity index (χ2n) is 5.02. The van der Waals surface area contributed by atoms with Crippen LogP contribution in [0.5, 0.6) is 0 Å². The molecule has 0 unspecified atom stereocenters. The molecule has 2 N–H and O–H groups in total. The summed E-state index contributed by atoms with van der Waals surface area (Å²) in [5.74, 6) is -0.328. The Morgan fingerprint density at radius 2 is 2.09 bits per heavy atom. The summed E-state index contributed by atoms with van der Waals surface area (Å²) in [5, 5.41) is 9.49. The van der Waals surface area contributed by atoms with Crippen molar-refractivity contribution in [3.05, 3.63) is 45.9 Å². The molecule has 3 nitrogen and oxygen atoms in total. The van der Waals surface area contributed by atoms with Crippen molar-refractivity contribution < 1.29 is 4.39 Å². The van der Waals surface area contributed by atoms with Gasteiger partial charge in [0.2, 0.25) is 0 Å². The van der Waals surface area contributed by atoms with Crippen LogP contribution < -0.4 is 5.73 Å². The van der Waals surface area contributed by atoms with E-state index in [2.05, 4.69) is 18.0 Å². The normalized spacial score (nSPS) is 10.5. The molecule has 114 valence electrons. The van der Waals surface area contributed by atoms with E-state index >= 15 is 0 Å². The summed E-state index contributed by atoms with van der Waals surface area (Å²) in [6.45, 7) is 4.04. The van der Waals surface area contributed by atoms with E-state index in [4.69, 9.17) is 17.3 Å². The molecule has 0 amide bonds.